The van der Waals surface area contributed by atoms with Crippen LogP contribution in [0.1, 0.15) is 26.7 Å². The average Bonchev–Trinajstić information content (AvgIpc) is 2.42. The molecule has 0 bridgehead atoms. The van der Waals surface area contributed by atoms with Gasteiger partial charge in [-0.15, -0.1) is 0 Å². The number of hydrogen-bond acceptors (Lipinski definition) is 2. The van der Waals surface area contributed by atoms with Crippen LogP contribution in [0.4, 0.5) is 18.9 Å². The molecule has 0 aliphatic rings. The van der Waals surface area contributed by atoms with Crippen LogP contribution in [0.15, 0.2) is 12.1 Å². The average molecular weight is 274 g/mol. The first-order valence-electron chi connectivity index (χ1n) is 6.06. The fourth-order valence-electron chi connectivity index (χ4n) is 1.83. The normalized spacial score (nSPS) is 11.5. The third kappa shape index (κ3) is 2.89. The molecule has 1 amide bonds. The number of rotatable bonds is 5. The molecule has 0 spiro atoms. The van der Waals surface area contributed by atoms with E-state index < -0.39 is 28.8 Å². The Labute approximate surface area is 110 Å². The van der Waals surface area contributed by atoms with E-state index in [1.807, 2.05) is 0 Å². The number of anilines is 1. The number of carbonyl (C=O) groups is 1. The van der Waals surface area contributed by atoms with Gasteiger partial charge >= 0.3 is 0 Å². The van der Waals surface area contributed by atoms with E-state index in [-0.39, 0.29) is 12.2 Å². The largest absolute Gasteiger partial charge is 0.329 e. The molecule has 0 fully saturated rings. The summed E-state index contributed by atoms with van der Waals surface area (Å²) in [6.45, 7) is 3.67. The van der Waals surface area contributed by atoms with Crippen molar-refractivity contribution >= 4 is 11.6 Å². The highest BCUT2D eigenvalue weighted by Crippen LogP contribution is 2.28. The van der Waals surface area contributed by atoms with Crippen molar-refractivity contribution in [3.8, 4) is 0 Å². The molecule has 0 aliphatic heterocycles. The predicted octanol–water partition coefficient (Wildman–Crippen LogP) is 2.81. The van der Waals surface area contributed by atoms with Gasteiger partial charge in [-0.1, -0.05) is 13.8 Å². The van der Waals surface area contributed by atoms with Gasteiger partial charge in [-0.25, -0.2) is 13.2 Å². The van der Waals surface area contributed by atoms with E-state index in [1.165, 1.54) is 0 Å². The number of carbonyl (C=O) groups excluding carboxylic acids is 1. The van der Waals surface area contributed by atoms with Crippen molar-refractivity contribution < 1.29 is 18.0 Å². The van der Waals surface area contributed by atoms with Crippen molar-refractivity contribution in [2.75, 3.05) is 11.9 Å². The Kier molecular flexibility index (Phi) is 4.94. The van der Waals surface area contributed by atoms with Gasteiger partial charge in [-0.3, -0.25) is 4.79 Å². The Morgan fingerprint density at radius 2 is 1.79 bits per heavy atom. The van der Waals surface area contributed by atoms with Gasteiger partial charge in [0.2, 0.25) is 5.91 Å². The van der Waals surface area contributed by atoms with E-state index in [4.69, 9.17) is 5.73 Å². The van der Waals surface area contributed by atoms with E-state index in [1.54, 1.807) is 13.8 Å². The molecule has 1 aromatic rings. The van der Waals surface area contributed by atoms with Crippen LogP contribution in [-0.4, -0.2) is 12.5 Å². The summed E-state index contributed by atoms with van der Waals surface area (Å²) in [5.74, 6) is -4.81. The van der Waals surface area contributed by atoms with Crippen molar-refractivity contribution in [3.05, 3.63) is 29.6 Å². The molecule has 3 N–H and O–H groups in total. The van der Waals surface area contributed by atoms with Gasteiger partial charge in [0.15, 0.2) is 17.5 Å². The van der Waals surface area contributed by atoms with Crippen LogP contribution < -0.4 is 11.1 Å². The Morgan fingerprint density at radius 1 is 1.21 bits per heavy atom. The molecular weight excluding hydrogens is 257 g/mol. The summed E-state index contributed by atoms with van der Waals surface area (Å²) in [7, 11) is 0. The highest BCUT2D eigenvalue weighted by atomic mass is 19.2. The maximum atomic E-state index is 13.5. The monoisotopic (exact) mass is 274 g/mol. The van der Waals surface area contributed by atoms with Crippen molar-refractivity contribution in [1.29, 1.82) is 0 Å². The van der Waals surface area contributed by atoms with Crippen molar-refractivity contribution in [1.82, 2.24) is 0 Å². The second-order valence-electron chi connectivity index (χ2n) is 4.37. The lowest BCUT2D eigenvalue weighted by Gasteiger charge is -2.28. The molecule has 1 aromatic carbocycles. The van der Waals surface area contributed by atoms with Crippen molar-refractivity contribution in [2.45, 2.75) is 26.7 Å². The molecule has 106 valence electrons. The van der Waals surface area contributed by atoms with E-state index >= 15 is 0 Å². The molecule has 0 saturated heterocycles. The zero-order valence-electron chi connectivity index (χ0n) is 10.9. The smallest absolute Gasteiger partial charge is 0.231 e. The first kappa shape index (κ1) is 15.5. The van der Waals surface area contributed by atoms with Gasteiger partial charge in [-0.2, -0.15) is 0 Å². The third-order valence-corrected chi connectivity index (χ3v) is 3.51. The molecule has 1 rings (SSSR count). The fraction of sp³-hybridized carbons (Fsp3) is 0.462. The third-order valence-electron chi connectivity index (χ3n) is 3.51. The van der Waals surface area contributed by atoms with Gasteiger partial charge < -0.3 is 11.1 Å². The maximum absolute atomic E-state index is 13.5. The highest BCUT2D eigenvalue weighted by molar-refractivity contribution is 5.95. The molecule has 19 heavy (non-hydrogen) atoms. The summed E-state index contributed by atoms with van der Waals surface area (Å²) >= 11 is 0. The van der Waals surface area contributed by atoms with Gasteiger partial charge in [-0.05, 0) is 25.0 Å². The molecule has 3 nitrogen and oxygen atoms in total. The molecule has 0 atom stereocenters. The molecule has 0 heterocycles. The van der Waals surface area contributed by atoms with Gasteiger partial charge in [0.1, 0.15) is 0 Å². The standard InChI is InChI=1S/C13H17F3N2O/c1-3-13(4-2,7-17)12(19)18-9-6-5-8(14)10(15)11(9)16/h5-6H,3-4,7,17H2,1-2H3,(H,18,19). The van der Waals surface area contributed by atoms with E-state index in [2.05, 4.69) is 5.32 Å². The van der Waals surface area contributed by atoms with E-state index in [0.717, 1.165) is 12.1 Å². The van der Waals surface area contributed by atoms with Gasteiger partial charge in [0.05, 0.1) is 11.1 Å². The minimum Gasteiger partial charge on any atom is -0.329 e. The van der Waals surface area contributed by atoms with Crippen molar-refractivity contribution in [3.63, 3.8) is 0 Å². The molecule has 0 aromatic heterocycles. The Hall–Kier alpha value is -1.56. The van der Waals surface area contributed by atoms with Crippen LogP contribution in [0.3, 0.4) is 0 Å². The number of hydrogen-bond donors (Lipinski definition) is 2. The molecule has 6 heteroatoms. The summed E-state index contributed by atoms with van der Waals surface area (Å²) in [4.78, 5) is 12.1. The first-order valence-corrected chi connectivity index (χ1v) is 6.06. The fourth-order valence-corrected chi connectivity index (χ4v) is 1.83. The van der Waals surface area contributed by atoms with Crippen LogP contribution in [0.25, 0.3) is 0 Å². The number of nitrogens with two attached hydrogens (primary N) is 1. The summed E-state index contributed by atoms with van der Waals surface area (Å²) in [5.41, 5.74) is 4.37. The Morgan fingerprint density at radius 3 is 2.26 bits per heavy atom. The van der Waals surface area contributed by atoms with Gasteiger partial charge in [0, 0.05) is 6.54 Å². The van der Waals surface area contributed by atoms with Gasteiger partial charge in [0.25, 0.3) is 0 Å². The van der Waals surface area contributed by atoms with Crippen LogP contribution >= 0.6 is 0 Å². The lowest BCUT2D eigenvalue weighted by Crippen LogP contribution is -2.41. The first-order chi connectivity index (χ1) is 8.91. The summed E-state index contributed by atoms with van der Waals surface area (Å²) in [6.07, 6.45) is 0.939. The lowest BCUT2D eigenvalue weighted by atomic mass is 9.81. The Bertz CT molecular complexity index is 465. The summed E-state index contributed by atoms with van der Waals surface area (Å²) in [5, 5.41) is 2.27. The summed E-state index contributed by atoms with van der Waals surface area (Å²) < 4.78 is 39.3. The quantitative estimate of drug-likeness (QED) is 0.811. The zero-order chi connectivity index (χ0) is 14.6. The molecular formula is C13H17F3N2O. The van der Waals surface area contributed by atoms with Crippen LogP contribution in [0, 0.1) is 22.9 Å². The number of amides is 1. The van der Waals surface area contributed by atoms with E-state index in [9.17, 15) is 18.0 Å². The minimum absolute atomic E-state index is 0.0944. The number of nitrogens with one attached hydrogen (secondary N) is 1. The molecule has 0 unspecified atom stereocenters. The minimum atomic E-state index is -1.61. The maximum Gasteiger partial charge on any atom is 0.231 e. The van der Waals surface area contributed by atoms with Crippen LogP contribution in [0.2, 0.25) is 0 Å². The van der Waals surface area contributed by atoms with Crippen molar-refractivity contribution in [2.24, 2.45) is 11.1 Å². The lowest BCUT2D eigenvalue weighted by molar-refractivity contribution is -0.125. The molecule has 0 aliphatic carbocycles. The zero-order valence-corrected chi connectivity index (χ0v) is 10.9. The second-order valence-corrected chi connectivity index (χ2v) is 4.37. The predicted molar refractivity (Wildman–Crippen MR) is 67.0 cm³/mol. The number of benzene rings is 1. The Balaban J connectivity index is 3.03. The molecule has 0 radical (unpaired) electrons. The SMILES string of the molecule is CCC(CC)(CN)C(=O)Nc1ccc(F)c(F)c1F. The van der Waals surface area contributed by atoms with E-state index in [0.29, 0.717) is 12.8 Å². The highest BCUT2D eigenvalue weighted by Gasteiger charge is 2.34. The van der Waals surface area contributed by atoms with Crippen LogP contribution in [0.5, 0.6) is 0 Å². The summed E-state index contributed by atoms with van der Waals surface area (Å²) in [6, 6.07) is 1.74. The number of halogens is 3. The second kappa shape index (κ2) is 6.06. The molecule has 0 saturated carbocycles. The topological polar surface area (TPSA) is 55.1 Å². The van der Waals surface area contributed by atoms with Crippen LogP contribution in [-0.2, 0) is 4.79 Å².